The molecule has 1 amide bonds. The lowest BCUT2D eigenvalue weighted by molar-refractivity contribution is -0.111. The summed E-state index contributed by atoms with van der Waals surface area (Å²) in [6.45, 7) is 4.23. The number of hydrogen-bond donors (Lipinski definition) is 2. The van der Waals surface area contributed by atoms with Crippen LogP contribution in [0.3, 0.4) is 0 Å². The fraction of sp³-hybridized carbons (Fsp3) is 0.136. The third kappa shape index (κ3) is 5.74. The molecule has 0 atom stereocenters. The molecule has 2 aromatic carbocycles. The molecule has 0 aliphatic carbocycles. The third-order valence-electron chi connectivity index (χ3n) is 4.01. The van der Waals surface area contributed by atoms with Crippen molar-refractivity contribution in [1.82, 2.24) is 0 Å². The summed E-state index contributed by atoms with van der Waals surface area (Å²) in [6, 6.07) is 16.1. The molecule has 0 saturated carbocycles. The molecular weight excluding hydrogens is 404 g/mol. The van der Waals surface area contributed by atoms with Crippen molar-refractivity contribution < 1.29 is 22.4 Å². The molecule has 8 heteroatoms. The maximum absolute atomic E-state index is 12.6. The standard InChI is InChI=1S/C22H22N2O5S/c1-3-28-19-10-5-18(6-11-19)24-30(26,27)21-13-7-17(8-14-21)23-22(25)15-12-20-9-4-16(2)29-20/h4-15,24H,3H2,1-2H3,(H,23,25). The van der Waals surface area contributed by atoms with Crippen LogP contribution < -0.4 is 14.8 Å². The number of amides is 1. The lowest BCUT2D eigenvalue weighted by atomic mass is 10.3. The summed E-state index contributed by atoms with van der Waals surface area (Å²) < 4.78 is 38.3. The maximum atomic E-state index is 12.6. The smallest absolute Gasteiger partial charge is 0.261 e. The summed E-state index contributed by atoms with van der Waals surface area (Å²) >= 11 is 0. The first-order chi connectivity index (χ1) is 14.4. The van der Waals surface area contributed by atoms with E-state index in [0.29, 0.717) is 29.5 Å². The Morgan fingerprint density at radius 1 is 1.00 bits per heavy atom. The first kappa shape index (κ1) is 21.2. The van der Waals surface area contributed by atoms with Crippen molar-refractivity contribution in [2.75, 3.05) is 16.6 Å². The summed E-state index contributed by atoms with van der Waals surface area (Å²) in [5, 5.41) is 2.67. The van der Waals surface area contributed by atoms with Crippen LogP contribution in [0.1, 0.15) is 18.4 Å². The Hall–Kier alpha value is -3.52. The Morgan fingerprint density at radius 2 is 1.67 bits per heavy atom. The van der Waals surface area contributed by atoms with E-state index in [9.17, 15) is 13.2 Å². The molecule has 0 bridgehead atoms. The van der Waals surface area contributed by atoms with Crippen LogP contribution in [-0.2, 0) is 14.8 Å². The Morgan fingerprint density at radius 3 is 2.27 bits per heavy atom. The van der Waals surface area contributed by atoms with E-state index in [4.69, 9.17) is 9.15 Å². The highest BCUT2D eigenvalue weighted by Crippen LogP contribution is 2.21. The summed E-state index contributed by atoms with van der Waals surface area (Å²) in [5.41, 5.74) is 0.898. The van der Waals surface area contributed by atoms with Crippen LogP contribution in [0.25, 0.3) is 6.08 Å². The van der Waals surface area contributed by atoms with E-state index in [1.165, 1.54) is 30.3 Å². The van der Waals surface area contributed by atoms with Gasteiger partial charge in [-0.15, -0.1) is 0 Å². The molecule has 30 heavy (non-hydrogen) atoms. The second-order valence-electron chi connectivity index (χ2n) is 6.36. The second kappa shape index (κ2) is 9.32. The van der Waals surface area contributed by atoms with Gasteiger partial charge >= 0.3 is 0 Å². The van der Waals surface area contributed by atoms with Crippen LogP contribution in [0, 0.1) is 6.92 Å². The quantitative estimate of drug-likeness (QED) is 0.519. The van der Waals surface area contributed by atoms with Gasteiger partial charge in [0.25, 0.3) is 10.0 Å². The minimum absolute atomic E-state index is 0.0796. The summed E-state index contributed by atoms with van der Waals surface area (Å²) in [7, 11) is -3.76. The van der Waals surface area contributed by atoms with Crippen molar-refractivity contribution in [1.29, 1.82) is 0 Å². The predicted molar refractivity (Wildman–Crippen MR) is 116 cm³/mol. The van der Waals surface area contributed by atoms with Gasteiger partial charge in [-0.3, -0.25) is 9.52 Å². The fourth-order valence-electron chi connectivity index (χ4n) is 2.60. The molecule has 0 aliphatic heterocycles. The largest absolute Gasteiger partial charge is 0.494 e. The van der Waals surface area contributed by atoms with E-state index < -0.39 is 10.0 Å². The molecule has 0 aliphatic rings. The molecule has 3 aromatic rings. The van der Waals surface area contributed by atoms with Gasteiger partial charge in [-0.1, -0.05) is 0 Å². The van der Waals surface area contributed by atoms with Gasteiger partial charge < -0.3 is 14.5 Å². The monoisotopic (exact) mass is 426 g/mol. The van der Waals surface area contributed by atoms with Gasteiger partial charge in [-0.2, -0.15) is 0 Å². The highest BCUT2D eigenvalue weighted by molar-refractivity contribution is 7.92. The van der Waals surface area contributed by atoms with Crippen molar-refractivity contribution in [3.8, 4) is 5.75 Å². The number of carbonyl (C=O) groups is 1. The minimum atomic E-state index is -3.76. The van der Waals surface area contributed by atoms with Crippen LogP contribution in [0.15, 0.2) is 76.1 Å². The third-order valence-corrected chi connectivity index (χ3v) is 5.41. The Labute approximate surface area is 175 Å². The van der Waals surface area contributed by atoms with Crippen molar-refractivity contribution in [3.63, 3.8) is 0 Å². The molecule has 3 rings (SSSR count). The van der Waals surface area contributed by atoms with Crippen LogP contribution >= 0.6 is 0 Å². The number of anilines is 2. The van der Waals surface area contributed by atoms with Crippen molar-refractivity contribution in [2.24, 2.45) is 0 Å². The SMILES string of the molecule is CCOc1ccc(NS(=O)(=O)c2ccc(NC(=O)C=Cc3ccc(C)o3)cc2)cc1. The van der Waals surface area contributed by atoms with Gasteiger partial charge in [0.05, 0.1) is 11.5 Å². The maximum Gasteiger partial charge on any atom is 0.261 e. The normalized spacial score (nSPS) is 11.4. The molecular formula is C22H22N2O5S. The number of furan rings is 1. The molecule has 7 nitrogen and oxygen atoms in total. The first-order valence-electron chi connectivity index (χ1n) is 9.27. The molecule has 156 valence electrons. The zero-order valence-corrected chi connectivity index (χ0v) is 17.4. The average molecular weight is 426 g/mol. The van der Waals surface area contributed by atoms with Gasteiger partial charge in [-0.25, -0.2) is 8.42 Å². The molecule has 0 radical (unpaired) electrons. The van der Waals surface area contributed by atoms with E-state index in [-0.39, 0.29) is 10.8 Å². The fourth-order valence-corrected chi connectivity index (χ4v) is 3.66. The number of hydrogen-bond acceptors (Lipinski definition) is 5. The number of ether oxygens (including phenoxy) is 1. The van der Waals surface area contributed by atoms with Crippen LogP contribution in [0.2, 0.25) is 0 Å². The molecule has 0 spiro atoms. The molecule has 2 N–H and O–H groups in total. The molecule has 0 saturated heterocycles. The van der Waals surface area contributed by atoms with Crippen molar-refractivity contribution >= 4 is 33.4 Å². The Balaban J connectivity index is 1.62. The van der Waals surface area contributed by atoms with E-state index >= 15 is 0 Å². The number of benzene rings is 2. The van der Waals surface area contributed by atoms with E-state index in [1.807, 2.05) is 13.8 Å². The average Bonchev–Trinajstić information content (AvgIpc) is 3.14. The lowest BCUT2D eigenvalue weighted by Crippen LogP contribution is -2.13. The Kier molecular flexibility index (Phi) is 6.58. The highest BCUT2D eigenvalue weighted by atomic mass is 32.2. The summed E-state index contributed by atoms with van der Waals surface area (Å²) in [6.07, 6.45) is 2.90. The summed E-state index contributed by atoms with van der Waals surface area (Å²) in [4.78, 5) is 12.1. The minimum Gasteiger partial charge on any atom is -0.494 e. The molecule has 1 heterocycles. The second-order valence-corrected chi connectivity index (χ2v) is 8.04. The topological polar surface area (TPSA) is 97.6 Å². The number of nitrogens with one attached hydrogen (secondary N) is 2. The lowest BCUT2D eigenvalue weighted by Gasteiger charge is -2.10. The number of rotatable bonds is 8. The van der Waals surface area contributed by atoms with Crippen LogP contribution in [0.5, 0.6) is 5.75 Å². The number of aryl methyl sites for hydroxylation is 1. The zero-order valence-electron chi connectivity index (χ0n) is 16.6. The summed E-state index contributed by atoms with van der Waals surface area (Å²) in [5.74, 6) is 1.64. The van der Waals surface area contributed by atoms with Gasteiger partial charge in [-0.05, 0) is 80.6 Å². The van der Waals surface area contributed by atoms with Gasteiger partial charge in [0.1, 0.15) is 17.3 Å². The first-order valence-corrected chi connectivity index (χ1v) is 10.8. The molecule has 0 unspecified atom stereocenters. The van der Waals surface area contributed by atoms with E-state index in [0.717, 1.165) is 5.76 Å². The van der Waals surface area contributed by atoms with E-state index in [1.54, 1.807) is 42.5 Å². The highest BCUT2D eigenvalue weighted by Gasteiger charge is 2.14. The van der Waals surface area contributed by atoms with Gasteiger partial charge in [0, 0.05) is 17.5 Å². The van der Waals surface area contributed by atoms with Gasteiger partial charge in [0.15, 0.2) is 0 Å². The molecule has 0 fully saturated rings. The molecule has 1 aromatic heterocycles. The number of carbonyl (C=O) groups excluding carboxylic acids is 1. The van der Waals surface area contributed by atoms with Crippen molar-refractivity contribution in [2.45, 2.75) is 18.7 Å². The predicted octanol–water partition coefficient (Wildman–Crippen LogP) is 4.44. The number of sulfonamides is 1. The van der Waals surface area contributed by atoms with Crippen LogP contribution in [0.4, 0.5) is 11.4 Å². The van der Waals surface area contributed by atoms with E-state index in [2.05, 4.69) is 10.0 Å². The Bertz CT molecular complexity index is 1130. The van der Waals surface area contributed by atoms with Crippen LogP contribution in [-0.4, -0.2) is 20.9 Å². The van der Waals surface area contributed by atoms with Gasteiger partial charge in [0.2, 0.25) is 5.91 Å². The van der Waals surface area contributed by atoms with Crippen molar-refractivity contribution in [3.05, 3.63) is 78.3 Å². The zero-order chi connectivity index (χ0) is 21.6.